The first kappa shape index (κ1) is 9.45. The number of fused-ring (bicyclic) bond motifs is 2. The quantitative estimate of drug-likeness (QED) is 0.637. The first-order valence-electron chi connectivity index (χ1n) is 6.31. The van der Waals surface area contributed by atoms with Gasteiger partial charge in [-0.05, 0) is 62.0 Å². The van der Waals surface area contributed by atoms with Gasteiger partial charge in [0, 0.05) is 0 Å². The normalized spacial score (nSPS) is 33.6. The molecule has 0 heteroatoms. The maximum absolute atomic E-state index is 2.38. The summed E-state index contributed by atoms with van der Waals surface area (Å²) in [5.41, 5.74) is 4.57. The molecule has 0 amide bonds. The highest BCUT2D eigenvalue weighted by Gasteiger charge is 2.40. The molecule has 1 aromatic rings. The minimum atomic E-state index is 0.893. The molecule has 0 spiro atoms. The van der Waals surface area contributed by atoms with Crippen LogP contribution < -0.4 is 0 Å². The lowest BCUT2D eigenvalue weighted by molar-refractivity contribution is 0.419. The average Bonchev–Trinajstić information content (AvgIpc) is 2.78. The first-order valence-corrected chi connectivity index (χ1v) is 6.31. The van der Waals surface area contributed by atoms with Crippen LogP contribution in [0.5, 0.6) is 0 Å². The highest BCUT2D eigenvalue weighted by atomic mass is 14.4. The first-order chi connectivity index (χ1) is 7.24. The molecule has 2 bridgehead atoms. The van der Waals surface area contributed by atoms with Crippen molar-refractivity contribution in [2.45, 2.75) is 45.4 Å². The van der Waals surface area contributed by atoms with Gasteiger partial charge in [0.2, 0.25) is 0 Å². The number of hydrogen-bond donors (Lipinski definition) is 0. The van der Waals surface area contributed by atoms with Gasteiger partial charge in [0.1, 0.15) is 0 Å². The molecular formula is C15H20. The van der Waals surface area contributed by atoms with E-state index >= 15 is 0 Å². The molecule has 2 aliphatic carbocycles. The molecule has 2 aliphatic rings. The molecular weight excluding hydrogens is 180 g/mol. The van der Waals surface area contributed by atoms with Crippen molar-refractivity contribution in [2.24, 2.45) is 11.8 Å². The minimum absolute atomic E-state index is 0.893. The van der Waals surface area contributed by atoms with E-state index in [1.807, 2.05) is 0 Å². The second kappa shape index (κ2) is 3.37. The third kappa shape index (κ3) is 1.51. The van der Waals surface area contributed by atoms with Crippen LogP contribution in [0.3, 0.4) is 0 Å². The highest BCUT2D eigenvalue weighted by molar-refractivity contribution is 5.34. The van der Waals surface area contributed by atoms with Gasteiger partial charge in [0.25, 0.3) is 0 Å². The Kier molecular flexibility index (Phi) is 2.12. The minimum Gasteiger partial charge on any atom is -0.0590 e. The lowest BCUT2D eigenvalue weighted by Crippen LogP contribution is -2.09. The standard InChI is InChI=1S/C15H20/c1-10-3-6-14(11(2)7-10)15-9-12-4-5-13(15)8-12/h3,6-7,12-13,15H,4-5,8-9H2,1-2H3. The maximum atomic E-state index is 2.38. The van der Waals surface area contributed by atoms with Crippen molar-refractivity contribution in [3.05, 3.63) is 34.9 Å². The second-order valence-electron chi connectivity index (χ2n) is 5.64. The second-order valence-corrected chi connectivity index (χ2v) is 5.64. The Morgan fingerprint density at radius 1 is 1.07 bits per heavy atom. The summed E-state index contributed by atoms with van der Waals surface area (Å²) in [4.78, 5) is 0. The molecule has 2 saturated carbocycles. The van der Waals surface area contributed by atoms with Crippen LogP contribution in [0.2, 0.25) is 0 Å². The molecule has 3 rings (SSSR count). The van der Waals surface area contributed by atoms with E-state index < -0.39 is 0 Å². The molecule has 3 atom stereocenters. The van der Waals surface area contributed by atoms with E-state index in [2.05, 4.69) is 32.0 Å². The third-order valence-electron chi connectivity index (χ3n) is 4.56. The van der Waals surface area contributed by atoms with Crippen LogP contribution >= 0.6 is 0 Å². The fraction of sp³-hybridized carbons (Fsp3) is 0.600. The molecule has 0 N–H and O–H groups in total. The number of aryl methyl sites for hydroxylation is 2. The Bertz CT molecular complexity index is 378. The molecule has 80 valence electrons. The van der Waals surface area contributed by atoms with Crippen LogP contribution in [0, 0.1) is 25.7 Å². The topological polar surface area (TPSA) is 0 Å². The van der Waals surface area contributed by atoms with E-state index in [4.69, 9.17) is 0 Å². The van der Waals surface area contributed by atoms with Gasteiger partial charge >= 0.3 is 0 Å². The summed E-state index contributed by atoms with van der Waals surface area (Å²) in [6, 6.07) is 7.02. The van der Waals surface area contributed by atoms with Crippen molar-refractivity contribution in [1.29, 1.82) is 0 Å². The molecule has 1 aromatic carbocycles. The Hall–Kier alpha value is -0.780. The van der Waals surface area contributed by atoms with Crippen LogP contribution in [0.15, 0.2) is 18.2 Å². The van der Waals surface area contributed by atoms with Crippen LogP contribution in [-0.2, 0) is 0 Å². The molecule has 15 heavy (non-hydrogen) atoms. The van der Waals surface area contributed by atoms with Gasteiger partial charge in [-0.2, -0.15) is 0 Å². The fourth-order valence-corrected chi connectivity index (χ4v) is 3.87. The number of benzene rings is 1. The van der Waals surface area contributed by atoms with Gasteiger partial charge < -0.3 is 0 Å². The zero-order chi connectivity index (χ0) is 10.4. The molecule has 0 saturated heterocycles. The van der Waals surface area contributed by atoms with Crippen molar-refractivity contribution in [3.63, 3.8) is 0 Å². The monoisotopic (exact) mass is 200 g/mol. The molecule has 0 radical (unpaired) electrons. The Balaban J connectivity index is 1.93. The predicted octanol–water partition coefficient (Wildman–Crippen LogP) is 4.21. The smallest absolute Gasteiger partial charge is 0.0128 e. The van der Waals surface area contributed by atoms with E-state index in [0.29, 0.717) is 0 Å². The lowest BCUT2D eigenvalue weighted by atomic mass is 9.81. The predicted molar refractivity (Wildman–Crippen MR) is 64.1 cm³/mol. The molecule has 0 aromatic heterocycles. The third-order valence-corrected chi connectivity index (χ3v) is 4.56. The summed E-state index contributed by atoms with van der Waals surface area (Å²) < 4.78 is 0. The molecule has 0 nitrogen and oxygen atoms in total. The highest BCUT2D eigenvalue weighted by Crippen LogP contribution is 2.53. The maximum Gasteiger partial charge on any atom is -0.0128 e. The van der Waals surface area contributed by atoms with Crippen LogP contribution in [0.1, 0.15) is 48.3 Å². The molecule has 0 heterocycles. The average molecular weight is 200 g/mol. The van der Waals surface area contributed by atoms with Crippen molar-refractivity contribution in [2.75, 3.05) is 0 Å². The van der Waals surface area contributed by atoms with E-state index in [9.17, 15) is 0 Å². The van der Waals surface area contributed by atoms with Crippen LogP contribution in [0.4, 0.5) is 0 Å². The van der Waals surface area contributed by atoms with Gasteiger partial charge in [-0.1, -0.05) is 30.2 Å². The Labute approximate surface area is 92.7 Å². The van der Waals surface area contributed by atoms with Gasteiger partial charge in [-0.3, -0.25) is 0 Å². The molecule has 2 fully saturated rings. The van der Waals surface area contributed by atoms with Crippen molar-refractivity contribution < 1.29 is 0 Å². The van der Waals surface area contributed by atoms with E-state index in [0.717, 1.165) is 17.8 Å². The van der Waals surface area contributed by atoms with Crippen molar-refractivity contribution in [1.82, 2.24) is 0 Å². The summed E-state index contributed by atoms with van der Waals surface area (Å²) in [7, 11) is 0. The van der Waals surface area contributed by atoms with Gasteiger partial charge in [-0.25, -0.2) is 0 Å². The van der Waals surface area contributed by atoms with Crippen LogP contribution in [0.25, 0.3) is 0 Å². The lowest BCUT2D eigenvalue weighted by Gasteiger charge is -2.23. The van der Waals surface area contributed by atoms with Gasteiger partial charge in [0.05, 0.1) is 0 Å². The summed E-state index contributed by atoms with van der Waals surface area (Å²) in [5, 5.41) is 0. The van der Waals surface area contributed by atoms with Crippen molar-refractivity contribution in [3.8, 4) is 0 Å². The largest absolute Gasteiger partial charge is 0.0590 e. The number of hydrogen-bond acceptors (Lipinski definition) is 0. The fourth-order valence-electron chi connectivity index (χ4n) is 3.87. The van der Waals surface area contributed by atoms with Crippen molar-refractivity contribution >= 4 is 0 Å². The van der Waals surface area contributed by atoms with E-state index in [-0.39, 0.29) is 0 Å². The summed E-state index contributed by atoms with van der Waals surface area (Å²) >= 11 is 0. The molecule has 3 unspecified atom stereocenters. The zero-order valence-electron chi connectivity index (χ0n) is 9.79. The Morgan fingerprint density at radius 3 is 2.53 bits per heavy atom. The summed E-state index contributed by atoms with van der Waals surface area (Å²) in [5.74, 6) is 2.96. The molecule has 0 aliphatic heterocycles. The summed E-state index contributed by atoms with van der Waals surface area (Å²) in [6.45, 7) is 4.48. The summed E-state index contributed by atoms with van der Waals surface area (Å²) in [6.07, 6.45) is 5.97. The van der Waals surface area contributed by atoms with Gasteiger partial charge in [-0.15, -0.1) is 0 Å². The SMILES string of the molecule is Cc1ccc(C2CC3CCC2C3)c(C)c1. The van der Waals surface area contributed by atoms with E-state index in [1.54, 1.807) is 5.56 Å². The number of rotatable bonds is 1. The van der Waals surface area contributed by atoms with E-state index in [1.165, 1.54) is 36.8 Å². The zero-order valence-corrected chi connectivity index (χ0v) is 9.79. The van der Waals surface area contributed by atoms with Crippen LogP contribution in [-0.4, -0.2) is 0 Å². The van der Waals surface area contributed by atoms with Gasteiger partial charge in [0.15, 0.2) is 0 Å². The Morgan fingerprint density at radius 2 is 1.93 bits per heavy atom.